The number of halogens is 2. The average Bonchev–Trinajstić information content (AvgIpc) is 2.47. The Kier molecular flexibility index (Phi) is 5.66. The second-order valence-electron chi connectivity index (χ2n) is 4.73. The first-order chi connectivity index (χ1) is 10.1. The first-order valence-corrected chi connectivity index (χ1v) is 7.55. The van der Waals surface area contributed by atoms with Crippen LogP contribution in [0.3, 0.4) is 0 Å². The molecule has 0 unspecified atom stereocenters. The number of benzene rings is 2. The highest BCUT2D eigenvalue weighted by molar-refractivity contribution is 6.35. The number of ketones is 1. The van der Waals surface area contributed by atoms with Crippen LogP contribution in [0.1, 0.15) is 29.3 Å². The second kappa shape index (κ2) is 7.48. The van der Waals surface area contributed by atoms with E-state index in [1.807, 2.05) is 24.3 Å². The fourth-order valence-corrected chi connectivity index (χ4v) is 2.43. The lowest BCUT2D eigenvalue weighted by Gasteiger charge is -2.08. The fraction of sp³-hybridized carbons (Fsp3) is 0.235. The Balaban J connectivity index is 1.98. The molecule has 0 aromatic heterocycles. The van der Waals surface area contributed by atoms with Crippen molar-refractivity contribution in [2.45, 2.75) is 19.8 Å². The predicted molar refractivity (Wildman–Crippen MR) is 86.7 cm³/mol. The molecule has 0 aliphatic heterocycles. The largest absolute Gasteiger partial charge is 0.484 e. The highest BCUT2D eigenvalue weighted by Gasteiger charge is 2.09. The van der Waals surface area contributed by atoms with E-state index in [1.165, 1.54) is 5.56 Å². The summed E-state index contributed by atoms with van der Waals surface area (Å²) in [7, 11) is 0. The van der Waals surface area contributed by atoms with E-state index >= 15 is 0 Å². The fourth-order valence-electron chi connectivity index (χ4n) is 1.96. The second-order valence-corrected chi connectivity index (χ2v) is 5.58. The molecule has 0 spiro atoms. The molecular weight excluding hydrogens is 307 g/mol. The van der Waals surface area contributed by atoms with Crippen LogP contribution in [0.4, 0.5) is 0 Å². The summed E-state index contributed by atoms with van der Waals surface area (Å²) < 4.78 is 5.45. The molecule has 4 heteroatoms. The van der Waals surface area contributed by atoms with Crippen LogP contribution in [-0.2, 0) is 6.42 Å². The van der Waals surface area contributed by atoms with Gasteiger partial charge in [-0.1, -0.05) is 60.8 Å². The van der Waals surface area contributed by atoms with Crippen molar-refractivity contribution < 1.29 is 9.53 Å². The normalized spacial score (nSPS) is 10.4. The van der Waals surface area contributed by atoms with Crippen molar-refractivity contribution in [3.63, 3.8) is 0 Å². The lowest BCUT2D eigenvalue weighted by Crippen LogP contribution is -2.11. The summed E-state index contributed by atoms with van der Waals surface area (Å²) >= 11 is 11.8. The Morgan fingerprint density at radius 2 is 1.81 bits per heavy atom. The quantitative estimate of drug-likeness (QED) is 0.682. The van der Waals surface area contributed by atoms with Gasteiger partial charge in [0.2, 0.25) is 0 Å². The van der Waals surface area contributed by atoms with Crippen LogP contribution in [0, 0.1) is 0 Å². The lowest BCUT2D eigenvalue weighted by molar-refractivity contribution is 0.0921. The van der Waals surface area contributed by atoms with E-state index in [9.17, 15) is 4.79 Å². The van der Waals surface area contributed by atoms with Gasteiger partial charge >= 0.3 is 0 Å². The summed E-state index contributed by atoms with van der Waals surface area (Å²) in [5.41, 5.74) is 1.87. The molecule has 0 fully saturated rings. The maximum Gasteiger partial charge on any atom is 0.200 e. The smallest absolute Gasteiger partial charge is 0.200 e. The first-order valence-electron chi connectivity index (χ1n) is 6.80. The number of hydrogen-bond donors (Lipinski definition) is 0. The lowest BCUT2D eigenvalue weighted by atomic mass is 10.1. The SMILES string of the molecule is CCCc1ccc(C(=O)COc2ccc(Cl)cc2Cl)cc1. The first kappa shape index (κ1) is 15.9. The molecule has 2 aromatic carbocycles. The minimum atomic E-state index is -0.0796. The van der Waals surface area contributed by atoms with Crippen molar-refractivity contribution >= 4 is 29.0 Å². The highest BCUT2D eigenvalue weighted by atomic mass is 35.5. The zero-order valence-electron chi connectivity index (χ0n) is 11.7. The molecule has 21 heavy (non-hydrogen) atoms. The number of ether oxygens (including phenoxy) is 1. The van der Waals surface area contributed by atoms with Crippen LogP contribution in [-0.4, -0.2) is 12.4 Å². The summed E-state index contributed by atoms with van der Waals surface area (Å²) in [4.78, 5) is 12.1. The van der Waals surface area contributed by atoms with E-state index in [0.717, 1.165) is 12.8 Å². The van der Waals surface area contributed by atoms with Crippen LogP contribution < -0.4 is 4.74 Å². The molecule has 0 amide bonds. The van der Waals surface area contributed by atoms with E-state index in [4.69, 9.17) is 27.9 Å². The zero-order chi connectivity index (χ0) is 15.2. The van der Waals surface area contributed by atoms with Crippen LogP contribution in [0.5, 0.6) is 5.75 Å². The van der Waals surface area contributed by atoms with Crippen molar-refractivity contribution in [2.75, 3.05) is 6.61 Å². The average molecular weight is 323 g/mol. The van der Waals surface area contributed by atoms with Gasteiger partial charge in [0.15, 0.2) is 12.4 Å². The summed E-state index contributed by atoms with van der Waals surface area (Å²) in [6.07, 6.45) is 2.11. The van der Waals surface area contributed by atoms with Gasteiger partial charge in [-0.25, -0.2) is 0 Å². The van der Waals surface area contributed by atoms with Crippen LogP contribution in [0.25, 0.3) is 0 Å². The number of Topliss-reactive ketones (excluding diaryl/α,β-unsaturated/α-hetero) is 1. The standard InChI is InChI=1S/C17H16Cl2O2/c1-2-3-12-4-6-13(7-5-12)16(20)11-21-17-9-8-14(18)10-15(17)19/h4-10H,2-3,11H2,1H3. The van der Waals surface area contributed by atoms with Crippen molar-refractivity contribution in [2.24, 2.45) is 0 Å². The van der Waals surface area contributed by atoms with Gasteiger partial charge in [-0.3, -0.25) is 4.79 Å². The van der Waals surface area contributed by atoms with Crippen LogP contribution in [0.15, 0.2) is 42.5 Å². The topological polar surface area (TPSA) is 26.3 Å². The molecule has 0 saturated carbocycles. The number of aryl methyl sites for hydroxylation is 1. The van der Waals surface area contributed by atoms with Gasteiger partial charge in [0.05, 0.1) is 5.02 Å². The van der Waals surface area contributed by atoms with Crippen LogP contribution in [0.2, 0.25) is 10.0 Å². The van der Waals surface area contributed by atoms with Gasteiger partial charge in [0.1, 0.15) is 5.75 Å². The predicted octanol–water partition coefficient (Wildman–Crippen LogP) is 5.21. The maximum absolute atomic E-state index is 12.1. The molecule has 2 nitrogen and oxygen atoms in total. The Labute approximate surface area is 134 Å². The Hall–Kier alpha value is -1.51. The molecule has 0 saturated heterocycles. The third-order valence-corrected chi connectivity index (χ3v) is 3.60. The molecular formula is C17H16Cl2O2. The molecule has 0 radical (unpaired) electrons. The summed E-state index contributed by atoms with van der Waals surface area (Å²) in [5, 5.41) is 0.929. The third kappa shape index (κ3) is 4.48. The minimum absolute atomic E-state index is 0.0471. The van der Waals surface area contributed by atoms with Crippen LogP contribution >= 0.6 is 23.2 Å². The number of hydrogen-bond acceptors (Lipinski definition) is 2. The minimum Gasteiger partial charge on any atom is -0.484 e. The number of carbonyl (C=O) groups is 1. The van der Waals surface area contributed by atoms with Gasteiger partial charge in [0.25, 0.3) is 0 Å². The van der Waals surface area contributed by atoms with E-state index < -0.39 is 0 Å². The van der Waals surface area contributed by atoms with Gasteiger partial charge in [-0.2, -0.15) is 0 Å². The molecule has 2 rings (SSSR count). The van der Waals surface area contributed by atoms with Gasteiger partial charge in [0, 0.05) is 10.6 Å². The van der Waals surface area contributed by atoms with Gasteiger partial charge < -0.3 is 4.74 Å². The Bertz CT molecular complexity index is 621. The van der Waals surface area contributed by atoms with E-state index in [2.05, 4.69) is 6.92 Å². The Morgan fingerprint density at radius 1 is 1.10 bits per heavy atom. The summed E-state index contributed by atoms with van der Waals surface area (Å²) in [6.45, 7) is 2.08. The molecule has 0 atom stereocenters. The number of rotatable bonds is 6. The highest BCUT2D eigenvalue weighted by Crippen LogP contribution is 2.27. The molecule has 0 bridgehead atoms. The van der Waals surface area contributed by atoms with Crippen molar-refractivity contribution in [1.29, 1.82) is 0 Å². The monoisotopic (exact) mass is 322 g/mol. The number of carbonyl (C=O) groups excluding carboxylic acids is 1. The Morgan fingerprint density at radius 3 is 2.43 bits per heavy atom. The molecule has 2 aromatic rings. The van der Waals surface area contributed by atoms with Gasteiger partial charge in [-0.05, 0) is 30.2 Å². The zero-order valence-corrected chi connectivity index (χ0v) is 13.2. The third-order valence-electron chi connectivity index (χ3n) is 3.07. The van der Waals surface area contributed by atoms with E-state index in [0.29, 0.717) is 21.4 Å². The summed E-state index contributed by atoms with van der Waals surface area (Å²) in [6, 6.07) is 12.5. The van der Waals surface area contributed by atoms with Crippen molar-refractivity contribution in [1.82, 2.24) is 0 Å². The molecule has 0 aliphatic carbocycles. The van der Waals surface area contributed by atoms with Gasteiger partial charge in [-0.15, -0.1) is 0 Å². The maximum atomic E-state index is 12.1. The molecule has 0 aliphatic rings. The molecule has 0 N–H and O–H groups in total. The molecule has 0 heterocycles. The summed E-state index contributed by atoms with van der Waals surface area (Å²) in [5.74, 6) is 0.376. The molecule has 110 valence electrons. The van der Waals surface area contributed by atoms with E-state index in [1.54, 1.807) is 18.2 Å². The van der Waals surface area contributed by atoms with Crippen molar-refractivity contribution in [3.8, 4) is 5.75 Å². The van der Waals surface area contributed by atoms with E-state index in [-0.39, 0.29) is 12.4 Å². The van der Waals surface area contributed by atoms with Crippen molar-refractivity contribution in [3.05, 3.63) is 63.6 Å².